The van der Waals surface area contributed by atoms with E-state index in [0.29, 0.717) is 86.8 Å². The maximum Gasteiger partial charge on any atom is 0.273 e. The van der Waals surface area contributed by atoms with Gasteiger partial charge in [0.05, 0.1) is 42.7 Å². The lowest BCUT2D eigenvalue weighted by atomic mass is 9.76. The number of nitro benzene ring substituents is 1. The lowest BCUT2D eigenvalue weighted by Crippen LogP contribution is -2.52. The molecule has 5 rings (SSSR count). The lowest BCUT2D eigenvalue weighted by Gasteiger charge is -2.37. The molecule has 13 heteroatoms. The van der Waals surface area contributed by atoms with Crippen molar-refractivity contribution in [1.29, 1.82) is 0 Å². The zero-order valence-electron chi connectivity index (χ0n) is 26.6. The van der Waals surface area contributed by atoms with Gasteiger partial charge in [-0.15, -0.1) is 0 Å². The van der Waals surface area contributed by atoms with Gasteiger partial charge in [-0.05, 0) is 74.3 Å². The summed E-state index contributed by atoms with van der Waals surface area (Å²) in [5.41, 5.74) is 2.88. The number of rotatable bonds is 12. The Morgan fingerprint density at radius 1 is 1.04 bits per heavy atom. The number of nitrogens with zero attached hydrogens (tertiary/aromatic N) is 3. The third-order valence-electron chi connectivity index (χ3n) is 8.42. The summed E-state index contributed by atoms with van der Waals surface area (Å²) in [6.45, 7) is 6.70. The van der Waals surface area contributed by atoms with Crippen LogP contribution in [0, 0.1) is 17.0 Å². The number of carbonyl (C=O) groups excluding carboxylic acids is 2. The van der Waals surface area contributed by atoms with E-state index in [4.69, 9.17) is 14.2 Å². The first-order valence-electron chi connectivity index (χ1n) is 14.8. The molecule has 0 saturated carbocycles. The first kappa shape index (κ1) is 32.9. The van der Waals surface area contributed by atoms with E-state index in [2.05, 4.69) is 31.2 Å². The van der Waals surface area contributed by atoms with Gasteiger partial charge < -0.3 is 24.5 Å². The Kier molecular flexibility index (Phi) is 9.36. The molecule has 12 nitrogen and oxygen atoms in total. The van der Waals surface area contributed by atoms with Crippen LogP contribution in [0.2, 0.25) is 0 Å². The first-order valence-corrected chi connectivity index (χ1v) is 15.6. The molecular weight excluding hydrogens is 658 g/mol. The van der Waals surface area contributed by atoms with Crippen molar-refractivity contribution < 1.29 is 28.7 Å². The number of aromatic amines is 1. The molecule has 0 spiro atoms. The fourth-order valence-electron chi connectivity index (χ4n) is 5.84. The maximum atomic E-state index is 14.0. The number of fused-ring (bicyclic) bond motifs is 3. The molecule has 242 valence electrons. The van der Waals surface area contributed by atoms with Crippen LogP contribution in [0.1, 0.15) is 47.3 Å². The highest BCUT2D eigenvalue weighted by atomic mass is 79.9. The second-order valence-corrected chi connectivity index (χ2v) is 12.5. The Hall–Kier alpha value is -4.49. The number of carbonyl (C=O) groups is 2. The highest BCUT2D eigenvalue weighted by Gasteiger charge is 2.46. The molecule has 0 radical (unpaired) electrons. The smallest absolute Gasteiger partial charge is 0.273 e. The monoisotopic (exact) mass is 693 g/mol. The number of amides is 2. The van der Waals surface area contributed by atoms with Gasteiger partial charge in [-0.25, -0.2) is 4.98 Å². The van der Waals surface area contributed by atoms with Crippen molar-refractivity contribution in [2.75, 3.05) is 41.0 Å². The van der Waals surface area contributed by atoms with E-state index < -0.39 is 16.2 Å². The number of H-pyrrole nitrogens is 1. The molecule has 1 aromatic heterocycles. The summed E-state index contributed by atoms with van der Waals surface area (Å²) >= 11 is 3.57. The second kappa shape index (κ2) is 13.1. The third-order valence-corrected chi connectivity index (χ3v) is 9.02. The number of nitro groups is 1. The average Bonchev–Trinajstić information content (AvgIpc) is 3.49. The Bertz CT molecular complexity index is 1830. The predicted molar refractivity (Wildman–Crippen MR) is 177 cm³/mol. The normalized spacial score (nSPS) is 14.0. The molecule has 46 heavy (non-hydrogen) atoms. The number of halogens is 1. The predicted octanol–water partition coefficient (Wildman–Crippen LogP) is 5.72. The van der Waals surface area contributed by atoms with Gasteiger partial charge in [-0.2, -0.15) is 0 Å². The third kappa shape index (κ3) is 5.92. The molecule has 0 atom stereocenters. The summed E-state index contributed by atoms with van der Waals surface area (Å²) in [6.07, 6.45) is 1.18. The molecule has 4 aromatic rings. The summed E-state index contributed by atoms with van der Waals surface area (Å²) < 4.78 is 17.0. The molecule has 0 bridgehead atoms. The van der Waals surface area contributed by atoms with Gasteiger partial charge in [0, 0.05) is 45.9 Å². The van der Waals surface area contributed by atoms with Gasteiger partial charge in [-0.3, -0.25) is 24.6 Å². The van der Waals surface area contributed by atoms with Gasteiger partial charge in [0.2, 0.25) is 5.91 Å². The summed E-state index contributed by atoms with van der Waals surface area (Å²) in [7, 11) is 4.78. The van der Waals surface area contributed by atoms with Gasteiger partial charge in [0.25, 0.3) is 11.6 Å². The number of methoxy groups -OCH3 is 3. The van der Waals surface area contributed by atoms with E-state index in [9.17, 15) is 19.7 Å². The van der Waals surface area contributed by atoms with Crippen LogP contribution in [0.5, 0.6) is 17.2 Å². The van der Waals surface area contributed by atoms with Crippen LogP contribution in [-0.4, -0.2) is 72.6 Å². The summed E-state index contributed by atoms with van der Waals surface area (Å²) in [6, 6.07) is 10.3. The number of imidazole rings is 1. The van der Waals surface area contributed by atoms with E-state index in [0.717, 1.165) is 5.56 Å². The highest BCUT2D eigenvalue weighted by Crippen LogP contribution is 2.41. The van der Waals surface area contributed by atoms with E-state index in [1.807, 2.05) is 12.1 Å². The number of benzene rings is 3. The first-order chi connectivity index (χ1) is 21.9. The molecule has 0 fully saturated rings. The van der Waals surface area contributed by atoms with Crippen LogP contribution >= 0.6 is 15.9 Å². The molecule has 2 amide bonds. The molecule has 2 heterocycles. The van der Waals surface area contributed by atoms with E-state index in [-0.39, 0.29) is 18.1 Å². The molecule has 2 N–H and O–H groups in total. The topological polar surface area (TPSA) is 149 Å². The van der Waals surface area contributed by atoms with Crippen LogP contribution in [0.15, 0.2) is 40.9 Å². The average molecular weight is 695 g/mol. The fourth-order valence-corrected chi connectivity index (χ4v) is 6.36. The fraction of sp³-hybridized carbons (Fsp3) is 0.364. The van der Waals surface area contributed by atoms with Crippen LogP contribution < -0.4 is 19.5 Å². The van der Waals surface area contributed by atoms with Crippen molar-refractivity contribution in [3.05, 3.63) is 73.2 Å². The number of aryl methyl sites for hydroxylation is 1. The van der Waals surface area contributed by atoms with Crippen molar-refractivity contribution in [3.63, 3.8) is 0 Å². The minimum absolute atomic E-state index is 0.0242. The van der Waals surface area contributed by atoms with Crippen LogP contribution in [0.3, 0.4) is 0 Å². The summed E-state index contributed by atoms with van der Waals surface area (Å²) in [5, 5.41) is 14.9. The van der Waals surface area contributed by atoms with Gasteiger partial charge in [0.1, 0.15) is 28.6 Å². The second-order valence-electron chi connectivity index (χ2n) is 11.6. The molecule has 3 aromatic carbocycles. The zero-order chi connectivity index (χ0) is 33.3. The quantitative estimate of drug-likeness (QED) is 0.0823. The minimum Gasteiger partial charge on any atom is -0.496 e. The molecule has 0 saturated heterocycles. The Labute approximate surface area is 274 Å². The van der Waals surface area contributed by atoms with E-state index in [1.165, 1.54) is 11.0 Å². The van der Waals surface area contributed by atoms with Crippen molar-refractivity contribution in [2.24, 2.45) is 0 Å². The number of imide groups is 1. The van der Waals surface area contributed by atoms with E-state index in [1.54, 1.807) is 60.3 Å². The van der Waals surface area contributed by atoms with E-state index >= 15 is 0 Å². The highest BCUT2D eigenvalue weighted by molar-refractivity contribution is 9.10. The number of aromatic nitrogens is 2. The number of ether oxygens (including phenoxy) is 3. The molecule has 0 unspecified atom stereocenters. The summed E-state index contributed by atoms with van der Waals surface area (Å²) in [4.78, 5) is 48.0. The number of hydrogen-bond acceptors (Lipinski definition) is 9. The van der Waals surface area contributed by atoms with Crippen molar-refractivity contribution >= 4 is 44.5 Å². The lowest BCUT2D eigenvalue weighted by molar-refractivity contribution is -0.385. The van der Waals surface area contributed by atoms with Crippen LogP contribution in [-0.2, 0) is 16.6 Å². The minimum atomic E-state index is -0.983. The Balaban J connectivity index is 1.34. The Morgan fingerprint density at radius 2 is 1.74 bits per heavy atom. The van der Waals surface area contributed by atoms with Crippen LogP contribution in [0.25, 0.3) is 22.4 Å². The molecular formula is C33H36BrN5O7. The summed E-state index contributed by atoms with van der Waals surface area (Å²) in [5.74, 6) is 1.68. The molecule has 0 aliphatic carbocycles. The largest absolute Gasteiger partial charge is 0.496 e. The van der Waals surface area contributed by atoms with Gasteiger partial charge in [0.15, 0.2) is 0 Å². The van der Waals surface area contributed by atoms with Gasteiger partial charge in [-0.1, -0.05) is 12.1 Å². The standard InChI is InChI=1S/C33H36BrN5O7/c1-18-8-9-19(14-24(18)39(42)43)30-36-28-23(34)17-22-27(29(28)37-30)31(40)38(32(41)33(22,2)3)13-7-11-35-12-10-21-25(45-5)15-20(44-4)16-26(21)46-6/h8-9,14-17,35H,7,10-13H2,1-6H3,(H,36,37). The van der Waals surface area contributed by atoms with Gasteiger partial charge >= 0.3 is 0 Å². The zero-order valence-corrected chi connectivity index (χ0v) is 28.2. The van der Waals surface area contributed by atoms with Crippen LogP contribution in [0.4, 0.5) is 5.69 Å². The van der Waals surface area contributed by atoms with Crippen molar-refractivity contribution in [2.45, 2.75) is 39.0 Å². The number of hydrogen-bond donors (Lipinski definition) is 2. The van der Waals surface area contributed by atoms with Crippen molar-refractivity contribution in [3.8, 4) is 28.6 Å². The molecule has 1 aliphatic rings. The maximum absolute atomic E-state index is 14.0. The molecule has 1 aliphatic heterocycles. The van der Waals surface area contributed by atoms with Crippen molar-refractivity contribution in [1.82, 2.24) is 20.2 Å². The number of nitrogens with one attached hydrogen (secondary N) is 2. The SMILES string of the molecule is COc1cc(OC)c(CCNCCCN2C(=O)c3c(cc(Br)c4nc(-c5ccc(C)c([N+](=O)[O-])c5)[nH]c34)C(C)(C)C2=O)c(OC)c1. The Morgan fingerprint density at radius 3 is 2.37 bits per heavy atom.